The number of nitrogens with one attached hydrogen (secondary N) is 2. The van der Waals surface area contributed by atoms with Crippen LogP contribution in [0.25, 0.3) is 0 Å². The number of carbonyl (C=O) groups is 1. The van der Waals surface area contributed by atoms with Crippen molar-refractivity contribution in [2.24, 2.45) is 5.84 Å². The summed E-state index contributed by atoms with van der Waals surface area (Å²) in [7, 11) is 0. The lowest BCUT2D eigenvalue weighted by Gasteiger charge is -2.08. The molecule has 21 heavy (non-hydrogen) atoms. The van der Waals surface area contributed by atoms with Crippen molar-refractivity contribution in [1.82, 2.24) is 4.98 Å². The third-order valence-electron chi connectivity index (χ3n) is 2.48. The Morgan fingerprint density at radius 1 is 1.24 bits per heavy atom. The molecule has 0 saturated heterocycles. The van der Waals surface area contributed by atoms with E-state index in [9.17, 15) is 18.0 Å². The average molecular weight is 317 g/mol. The molecule has 0 fully saturated rings. The first kappa shape index (κ1) is 15.1. The summed E-state index contributed by atoms with van der Waals surface area (Å²) in [4.78, 5) is 15.6. The second-order valence-electron chi connectivity index (χ2n) is 3.90. The highest BCUT2D eigenvalue weighted by Crippen LogP contribution is 2.22. The summed E-state index contributed by atoms with van der Waals surface area (Å²) in [5.74, 6) is 0.613. The van der Waals surface area contributed by atoms with Gasteiger partial charge in [0.2, 0.25) is 0 Å². The number of halogens is 4. The Hall–Kier alpha value is -2.32. The third-order valence-corrected chi connectivity index (χ3v) is 2.77. The molecule has 5 nitrogen and oxygen atoms in total. The number of nitrogens with two attached hydrogens (primary N) is 1. The van der Waals surface area contributed by atoms with Gasteiger partial charge in [-0.1, -0.05) is 11.6 Å². The van der Waals surface area contributed by atoms with Crippen molar-refractivity contribution in [1.29, 1.82) is 0 Å². The minimum atomic E-state index is -1.41. The second kappa shape index (κ2) is 5.98. The molecule has 0 aliphatic carbocycles. The van der Waals surface area contributed by atoms with E-state index in [1.165, 1.54) is 6.07 Å². The van der Waals surface area contributed by atoms with Crippen molar-refractivity contribution in [2.75, 3.05) is 10.7 Å². The summed E-state index contributed by atoms with van der Waals surface area (Å²) in [6, 6.07) is 2.24. The van der Waals surface area contributed by atoms with Crippen molar-refractivity contribution < 1.29 is 18.0 Å². The van der Waals surface area contributed by atoms with Gasteiger partial charge in [0.1, 0.15) is 5.82 Å². The first-order valence-electron chi connectivity index (χ1n) is 5.50. The molecule has 1 aromatic heterocycles. The zero-order valence-corrected chi connectivity index (χ0v) is 11.0. The van der Waals surface area contributed by atoms with Crippen molar-refractivity contribution in [3.05, 3.63) is 52.4 Å². The molecule has 0 radical (unpaired) electrons. The summed E-state index contributed by atoms with van der Waals surface area (Å²) in [6.07, 6.45) is 1.12. The van der Waals surface area contributed by atoms with Gasteiger partial charge < -0.3 is 10.7 Å². The molecule has 2 aromatic rings. The number of nitrogens with zero attached hydrogens (tertiary/aromatic N) is 1. The van der Waals surface area contributed by atoms with Crippen LogP contribution in [0.15, 0.2) is 24.4 Å². The highest BCUT2D eigenvalue weighted by atomic mass is 35.5. The predicted octanol–water partition coefficient (Wildman–Crippen LogP) is 2.69. The minimum Gasteiger partial charge on any atom is -0.319 e. The Morgan fingerprint density at radius 2 is 1.95 bits per heavy atom. The first-order chi connectivity index (χ1) is 9.92. The first-order valence-corrected chi connectivity index (χ1v) is 5.88. The van der Waals surface area contributed by atoms with Gasteiger partial charge in [0.15, 0.2) is 17.5 Å². The SMILES string of the molecule is NNc1ncc(C(=O)Nc2cc(F)cc(F)c2F)cc1Cl. The molecule has 9 heteroatoms. The highest BCUT2D eigenvalue weighted by Gasteiger charge is 2.15. The smallest absolute Gasteiger partial charge is 0.257 e. The molecule has 1 heterocycles. The standard InChI is InChI=1S/C12H8ClF3N4O/c13-7-1-5(4-18-11(7)20-17)12(21)19-9-3-6(14)2-8(15)10(9)16/h1-4H,17H2,(H,18,20)(H,19,21). The van der Waals surface area contributed by atoms with Gasteiger partial charge in [-0.25, -0.2) is 24.0 Å². The molecule has 4 N–H and O–H groups in total. The van der Waals surface area contributed by atoms with Crippen LogP contribution < -0.4 is 16.6 Å². The van der Waals surface area contributed by atoms with Crippen LogP contribution >= 0.6 is 11.6 Å². The number of rotatable bonds is 3. The number of benzene rings is 1. The molecule has 0 aliphatic rings. The van der Waals surface area contributed by atoms with Crippen LogP contribution in [-0.2, 0) is 0 Å². The molecule has 0 spiro atoms. The van der Waals surface area contributed by atoms with E-state index >= 15 is 0 Å². The number of aromatic nitrogens is 1. The molecule has 0 atom stereocenters. The van der Waals surface area contributed by atoms with Crippen molar-refractivity contribution in [3.8, 4) is 0 Å². The quantitative estimate of drug-likeness (QED) is 0.462. The Labute approximate surface area is 121 Å². The monoisotopic (exact) mass is 316 g/mol. The topological polar surface area (TPSA) is 80.0 Å². The third kappa shape index (κ3) is 3.23. The number of hydrogen-bond donors (Lipinski definition) is 3. The summed E-state index contributed by atoms with van der Waals surface area (Å²) in [6.45, 7) is 0. The van der Waals surface area contributed by atoms with Gasteiger partial charge in [-0.15, -0.1) is 0 Å². The normalized spacial score (nSPS) is 10.3. The van der Waals surface area contributed by atoms with Crippen molar-refractivity contribution in [2.45, 2.75) is 0 Å². The fraction of sp³-hybridized carbons (Fsp3) is 0. The van der Waals surface area contributed by atoms with E-state index < -0.39 is 29.0 Å². The largest absolute Gasteiger partial charge is 0.319 e. The highest BCUT2D eigenvalue weighted by molar-refractivity contribution is 6.33. The van der Waals surface area contributed by atoms with Crippen molar-refractivity contribution in [3.63, 3.8) is 0 Å². The molecule has 0 unspecified atom stereocenters. The van der Waals surface area contributed by atoms with Gasteiger partial charge in [-0.3, -0.25) is 4.79 Å². The lowest BCUT2D eigenvalue weighted by molar-refractivity contribution is 0.102. The maximum atomic E-state index is 13.4. The van der Waals surface area contributed by atoms with Crippen LogP contribution in [0.5, 0.6) is 0 Å². The molecular formula is C12H8ClF3N4O. The summed E-state index contributed by atoms with van der Waals surface area (Å²) in [5.41, 5.74) is 1.53. The van der Waals surface area contributed by atoms with Gasteiger partial charge in [0, 0.05) is 18.3 Å². The molecule has 110 valence electrons. The van der Waals surface area contributed by atoms with Crippen LogP contribution in [0, 0.1) is 17.5 Å². The molecule has 0 bridgehead atoms. The lowest BCUT2D eigenvalue weighted by Crippen LogP contribution is -2.15. The van der Waals surface area contributed by atoms with E-state index in [4.69, 9.17) is 17.4 Å². The van der Waals surface area contributed by atoms with Crippen LogP contribution in [0.2, 0.25) is 5.02 Å². The Balaban J connectivity index is 2.28. The van der Waals surface area contributed by atoms with Gasteiger partial charge in [0.25, 0.3) is 5.91 Å². The average Bonchev–Trinajstić information content (AvgIpc) is 2.44. The van der Waals surface area contributed by atoms with Crippen LogP contribution in [0.4, 0.5) is 24.7 Å². The maximum absolute atomic E-state index is 13.4. The van der Waals surface area contributed by atoms with Gasteiger partial charge >= 0.3 is 0 Å². The number of anilines is 2. The number of amides is 1. The Bertz CT molecular complexity index is 711. The number of nitrogen functional groups attached to an aromatic ring is 1. The summed E-state index contributed by atoms with van der Waals surface area (Å²) < 4.78 is 39.5. The van der Waals surface area contributed by atoms with E-state index in [1.807, 2.05) is 5.32 Å². The van der Waals surface area contributed by atoms with Gasteiger partial charge in [-0.2, -0.15) is 0 Å². The molecule has 0 saturated carbocycles. The molecule has 0 aliphatic heterocycles. The van der Waals surface area contributed by atoms with E-state index in [0.717, 1.165) is 6.20 Å². The maximum Gasteiger partial charge on any atom is 0.257 e. The zero-order chi connectivity index (χ0) is 15.6. The lowest BCUT2D eigenvalue weighted by atomic mass is 10.2. The predicted molar refractivity (Wildman–Crippen MR) is 71.3 cm³/mol. The Morgan fingerprint density at radius 3 is 2.57 bits per heavy atom. The zero-order valence-electron chi connectivity index (χ0n) is 10.3. The Kier molecular flexibility index (Phi) is 4.29. The number of hydrogen-bond acceptors (Lipinski definition) is 4. The molecular weight excluding hydrogens is 309 g/mol. The number of carbonyl (C=O) groups excluding carboxylic acids is 1. The minimum absolute atomic E-state index is 0.0388. The van der Waals surface area contributed by atoms with Gasteiger partial charge in [-0.05, 0) is 6.07 Å². The van der Waals surface area contributed by atoms with Crippen LogP contribution in [0.3, 0.4) is 0 Å². The second-order valence-corrected chi connectivity index (χ2v) is 4.31. The molecule has 1 aromatic carbocycles. The fourth-order valence-electron chi connectivity index (χ4n) is 1.51. The number of pyridine rings is 1. The van der Waals surface area contributed by atoms with Crippen LogP contribution in [0.1, 0.15) is 10.4 Å². The van der Waals surface area contributed by atoms with Gasteiger partial charge in [0.05, 0.1) is 16.3 Å². The fourth-order valence-corrected chi connectivity index (χ4v) is 1.73. The molecule has 2 rings (SSSR count). The van der Waals surface area contributed by atoms with E-state index in [0.29, 0.717) is 12.1 Å². The van der Waals surface area contributed by atoms with E-state index in [1.54, 1.807) is 0 Å². The summed E-state index contributed by atoms with van der Waals surface area (Å²) in [5, 5.41) is 2.08. The van der Waals surface area contributed by atoms with E-state index in [2.05, 4.69) is 10.4 Å². The van der Waals surface area contributed by atoms with Crippen molar-refractivity contribution >= 4 is 29.0 Å². The number of hydrazine groups is 1. The van der Waals surface area contributed by atoms with Crippen LogP contribution in [-0.4, -0.2) is 10.9 Å². The molecule has 1 amide bonds. The summed E-state index contributed by atoms with van der Waals surface area (Å²) >= 11 is 5.78. The van der Waals surface area contributed by atoms with E-state index in [-0.39, 0.29) is 16.4 Å².